The van der Waals surface area contributed by atoms with E-state index in [1.807, 2.05) is 97.1 Å². The van der Waals surface area contributed by atoms with E-state index in [1.165, 1.54) is 6.42 Å². The second-order valence-electron chi connectivity index (χ2n) is 9.12. The number of likely N-dealkylation sites (tertiary alicyclic amines) is 1. The summed E-state index contributed by atoms with van der Waals surface area (Å²) in [7, 11) is 0. The highest BCUT2D eigenvalue weighted by Crippen LogP contribution is 2.17. The Balaban J connectivity index is 1.67. The number of aliphatic imine (C=N–C) groups is 3. The normalized spacial score (nSPS) is 14.8. The minimum Gasteiger partial charge on any atom is -0.356 e. The van der Waals surface area contributed by atoms with Gasteiger partial charge in [0, 0.05) is 35.3 Å². The van der Waals surface area contributed by atoms with Gasteiger partial charge in [0.05, 0.1) is 0 Å². The molecule has 5 rings (SSSR count). The van der Waals surface area contributed by atoms with Crippen LogP contribution in [-0.4, -0.2) is 41.4 Å². The Kier molecular flexibility index (Phi) is 8.26. The molecular weight excluding hydrogens is 468 g/mol. The first-order valence-corrected chi connectivity index (χ1v) is 13.0. The maximum atomic E-state index is 13.1. The summed E-state index contributed by atoms with van der Waals surface area (Å²) in [6, 6.07) is 38.8. The summed E-state index contributed by atoms with van der Waals surface area (Å²) in [6.07, 6.45) is 3.49. The molecule has 0 atom stereocenters. The molecule has 0 bridgehead atoms. The lowest BCUT2D eigenvalue weighted by atomic mass is 10.1. The van der Waals surface area contributed by atoms with Gasteiger partial charge in [0.2, 0.25) is 0 Å². The summed E-state index contributed by atoms with van der Waals surface area (Å²) in [6.45, 7) is 1.89. The molecule has 0 aliphatic carbocycles. The summed E-state index contributed by atoms with van der Waals surface area (Å²) >= 11 is 0. The Morgan fingerprint density at radius 2 is 0.895 bits per heavy atom. The molecule has 5 heteroatoms. The standard InChI is InChI=1S/C33H30N4O/c38-33(29-22-12-4-13-23-29)36-31(27-18-8-2-9-19-27)34-30(26-16-6-1-7-17-26)35-32(28-20-10-3-11-21-28)37-24-14-5-15-25-37/h1-4,6-13,16-23H,5,14-15,24-25H2. The van der Waals surface area contributed by atoms with E-state index in [0.29, 0.717) is 17.2 Å². The lowest BCUT2D eigenvalue weighted by Crippen LogP contribution is -2.37. The quantitative estimate of drug-likeness (QED) is 0.234. The monoisotopic (exact) mass is 498 g/mol. The maximum absolute atomic E-state index is 13.1. The van der Waals surface area contributed by atoms with Crippen LogP contribution >= 0.6 is 0 Å². The number of benzene rings is 4. The summed E-state index contributed by atoms with van der Waals surface area (Å²) in [5, 5.41) is 0. The van der Waals surface area contributed by atoms with Crippen molar-refractivity contribution in [3.05, 3.63) is 144 Å². The van der Waals surface area contributed by atoms with E-state index in [4.69, 9.17) is 9.98 Å². The van der Waals surface area contributed by atoms with Gasteiger partial charge in [-0.2, -0.15) is 4.99 Å². The maximum Gasteiger partial charge on any atom is 0.279 e. The zero-order chi connectivity index (χ0) is 26.0. The van der Waals surface area contributed by atoms with Crippen LogP contribution in [0.1, 0.15) is 46.3 Å². The molecule has 0 N–H and O–H groups in total. The molecule has 1 amide bonds. The fourth-order valence-corrected chi connectivity index (χ4v) is 4.44. The van der Waals surface area contributed by atoms with Gasteiger partial charge >= 0.3 is 0 Å². The first-order chi connectivity index (χ1) is 18.8. The Labute approximate surface area is 223 Å². The molecule has 38 heavy (non-hydrogen) atoms. The predicted molar refractivity (Wildman–Crippen MR) is 155 cm³/mol. The summed E-state index contributed by atoms with van der Waals surface area (Å²) in [4.78, 5) is 30.1. The van der Waals surface area contributed by atoms with Gasteiger partial charge in [-0.25, -0.2) is 9.98 Å². The van der Waals surface area contributed by atoms with Crippen molar-refractivity contribution in [2.24, 2.45) is 15.0 Å². The molecule has 5 nitrogen and oxygen atoms in total. The molecule has 0 aromatic heterocycles. The minimum atomic E-state index is -0.344. The van der Waals surface area contributed by atoms with Crippen LogP contribution in [-0.2, 0) is 0 Å². The first kappa shape index (κ1) is 25.0. The Morgan fingerprint density at radius 1 is 0.474 bits per heavy atom. The van der Waals surface area contributed by atoms with Crippen LogP contribution in [0.5, 0.6) is 0 Å². The van der Waals surface area contributed by atoms with E-state index in [-0.39, 0.29) is 5.91 Å². The lowest BCUT2D eigenvalue weighted by molar-refractivity contribution is 0.100. The zero-order valence-corrected chi connectivity index (χ0v) is 21.3. The number of piperidine rings is 1. The SMILES string of the molecule is O=C(N=C(N=C(N=C(c1ccccc1)N1CCCCC1)c1ccccc1)c1ccccc1)c1ccccc1. The number of rotatable bonds is 4. The third kappa shape index (κ3) is 6.37. The molecule has 0 spiro atoms. The molecule has 4 aromatic rings. The van der Waals surface area contributed by atoms with Gasteiger partial charge in [0.1, 0.15) is 5.84 Å². The minimum absolute atomic E-state index is 0.327. The van der Waals surface area contributed by atoms with Gasteiger partial charge < -0.3 is 4.90 Å². The Morgan fingerprint density at radius 3 is 1.39 bits per heavy atom. The van der Waals surface area contributed by atoms with Crippen LogP contribution < -0.4 is 0 Å². The largest absolute Gasteiger partial charge is 0.356 e. The van der Waals surface area contributed by atoms with Crippen molar-refractivity contribution in [2.75, 3.05) is 13.1 Å². The van der Waals surface area contributed by atoms with E-state index in [9.17, 15) is 4.79 Å². The average Bonchev–Trinajstić information content (AvgIpc) is 3.01. The smallest absolute Gasteiger partial charge is 0.279 e. The van der Waals surface area contributed by atoms with Crippen LogP contribution in [0, 0.1) is 0 Å². The van der Waals surface area contributed by atoms with Crippen LogP contribution in [0.15, 0.2) is 136 Å². The molecule has 1 heterocycles. The molecule has 1 aliphatic rings. The molecule has 188 valence electrons. The van der Waals surface area contributed by atoms with E-state index in [0.717, 1.165) is 48.5 Å². The highest BCUT2D eigenvalue weighted by molar-refractivity contribution is 6.19. The summed E-state index contributed by atoms with van der Waals surface area (Å²) in [5.74, 6) is 1.38. The number of hydrogen-bond donors (Lipinski definition) is 0. The number of carbonyl (C=O) groups is 1. The van der Waals surface area contributed by atoms with Crippen LogP contribution in [0.3, 0.4) is 0 Å². The van der Waals surface area contributed by atoms with Crippen molar-refractivity contribution in [3.63, 3.8) is 0 Å². The van der Waals surface area contributed by atoms with E-state index in [2.05, 4.69) is 22.0 Å². The lowest BCUT2D eigenvalue weighted by Gasteiger charge is -2.30. The van der Waals surface area contributed by atoms with Gasteiger partial charge in [0.25, 0.3) is 5.91 Å². The molecular formula is C33H30N4O. The highest BCUT2D eigenvalue weighted by atomic mass is 16.1. The van der Waals surface area contributed by atoms with Crippen LogP contribution in [0.4, 0.5) is 0 Å². The van der Waals surface area contributed by atoms with Gasteiger partial charge in [-0.1, -0.05) is 109 Å². The molecule has 1 saturated heterocycles. The number of carbonyl (C=O) groups excluding carboxylic acids is 1. The van der Waals surface area contributed by atoms with Gasteiger partial charge in [-0.15, -0.1) is 0 Å². The van der Waals surface area contributed by atoms with Gasteiger partial charge in [-0.3, -0.25) is 4.79 Å². The van der Waals surface area contributed by atoms with Crippen molar-refractivity contribution in [1.82, 2.24) is 4.90 Å². The number of nitrogens with zero attached hydrogens (tertiary/aromatic N) is 4. The van der Waals surface area contributed by atoms with Crippen molar-refractivity contribution >= 4 is 23.4 Å². The number of amides is 1. The third-order valence-electron chi connectivity index (χ3n) is 6.40. The zero-order valence-electron chi connectivity index (χ0n) is 21.3. The molecule has 0 saturated carbocycles. The molecule has 0 unspecified atom stereocenters. The van der Waals surface area contributed by atoms with Crippen LogP contribution in [0.2, 0.25) is 0 Å². The highest BCUT2D eigenvalue weighted by Gasteiger charge is 2.19. The van der Waals surface area contributed by atoms with E-state index >= 15 is 0 Å². The second-order valence-corrected chi connectivity index (χ2v) is 9.12. The summed E-state index contributed by atoms with van der Waals surface area (Å²) in [5.41, 5.74) is 3.16. The van der Waals surface area contributed by atoms with Gasteiger partial charge in [0.15, 0.2) is 11.7 Å². The van der Waals surface area contributed by atoms with Crippen LogP contribution in [0.25, 0.3) is 0 Å². The molecule has 1 fully saturated rings. The predicted octanol–water partition coefficient (Wildman–Crippen LogP) is 6.65. The van der Waals surface area contributed by atoms with Crippen molar-refractivity contribution < 1.29 is 4.79 Å². The Hall–Kier alpha value is -4.64. The van der Waals surface area contributed by atoms with Gasteiger partial charge in [-0.05, 0) is 31.4 Å². The first-order valence-electron chi connectivity index (χ1n) is 13.0. The van der Waals surface area contributed by atoms with Crippen molar-refractivity contribution in [1.29, 1.82) is 0 Å². The third-order valence-corrected chi connectivity index (χ3v) is 6.40. The Bertz CT molecular complexity index is 1420. The van der Waals surface area contributed by atoms with E-state index < -0.39 is 0 Å². The fraction of sp³-hybridized carbons (Fsp3) is 0.152. The molecule has 4 aromatic carbocycles. The van der Waals surface area contributed by atoms with E-state index in [1.54, 1.807) is 12.1 Å². The number of hydrogen-bond acceptors (Lipinski definition) is 1. The second kappa shape index (κ2) is 12.5. The number of amidine groups is 3. The van der Waals surface area contributed by atoms with Crippen molar-refractivity contribution in [3.8, 4) is 0 Å². The molecule has 1 aliphatic heterocycles. The topological polar surface area (TPSA) is 57.4 Å². The molecule has 0 radical (unpaired) electrons. The van der Waals surface area contributed by atoms with Crippen molar-refractivity contribution in [2.45, 2.75) is 19.3 Å². The average molecular weight is 499 g/mol. The fourth-order valence-electron chi connectivity index (χ4n) is 4.44. The summed E-state index contributed by atoms with van der Waals surface area (Å²) < 4.78 is 0.